The van der Waals surface area contributed by atoms with Crippen LogP contribution in [0.3, 0.4) is 0 Å². The molecular formula is C14H21Br4NO4. The third-order valence-electron chi connectivity index (χ3n) is 3.39. The number of alkyl halides is 4. The first-order valence-electron chi connectivity index (χ1n) is 7.47. The van der Waals surface area contributed by atoms with Gasteiger partial charge in [0.2, 0.25) is 0 Å². The second-order valence-corrected chi connectivity index (χ2v) is 8.80. The van der Waals surface area contributed by atoms with Gasteiger partial charge in [-0.2, -0.15) is 0 Å². The minimum absolute atomic E-state index is 0.0676. The average Bonchev–Trinajstić information content (AvgIpc) is 2.58. The highest BCUT2D eigenvalue weighted by Crippen LogP contribution is 2.14. The minimum atomic E-state index is -0.460. The van der Waals surface area contributed by atoms with E-state index in [0.29, 0.717) is 17.2 Å². The van der Waals surface area contributed by atoms with Crippen LogP contribution in [0.15, 0.2) is 0 Å². The lowest BCUT2D eigenvalue weighted by atomic mass is 10.1. The van der Waals surface area contributed by atoms with Crippen molar-refractivity contribution in [2.75, 3.05) is 36.9 Å². The Morgan fingerprint density at radius 3 is 2.09 bits per heavy atom. The van der Waals surface area contributed by atoms with Crippen molar-refractivity contribution < 1.29 is 19.1 Å². The van der Waals surface area contributed by atoms with Crippen LogP contribution in [-0.4, -0.2) is 69.5 Å². The van der Waals surface area contributed by atoms with Gasteiger partial charge in [0.25, 0.3) is 0 Å². The maximum Gasteiger partial charge on any atom is 0.321 e. The van der Waals surface area contributed by atoms with Gasteiger partial charge in [0.15, 0.2) is 0 Å². The third-order valence-corrected chi connectivity index (χ3v) is 7.82. The van der Waals surface area contributed by atoms with Crippen molar-refractivity contribution in [2.45, 2.75) is 35.0 Å². The summed E-state index contributed by atoms with van der Waals surface area (Å²) in [7, 11) is 0. The van der Waals surface area contributed by atoms with Crippen molar-refractivity contribution >= 4 is 75.7 Å². The van der Waals surface area contributed by atoms with Gasteiger partial charge in [-0.15, -0.1) is 0 Å². The molecule has 23 heavy (non-hydrogen) atoms. The molecule has 1 aliphatic rings. The number of halogens is 4. The summed E-state index contributed by atoms with van der Waals surface area (Å²) >= 11 is 12.9. The Kier molecular flexibility index (Phi) is 11.6. The van der Waals surface area contributed by atoms with Gasteiger partial charge in [0.05, 0.1) is 0 Å². The number of rotatable bonds is 9. The third kappa shape index (κ3) is 8.65. The lowest BCUT2D eigenvalue weighted by molar-refractivity contribution is -0.159. The number of ether oxygens (including phenoxy) is 2. The monoisotopic (exact) mass is 583 g/mol. The molecule has 5 nitrogen and oxygen atoms in total. The van der Waals surface area contributed by atoms with Crippen molar-refractivity contribution in [3.05, 3.63) is 0 Å². The summed E-state index contributed by atoms with van der Waals surface area (Å²) in [6, 6.07) is 0. The Bertz CT molecular complexity index is 380. The molecular weight excluding hydrogens is 566 g/mol. The largest absolute Gasteiger partial charge is 0.461 e. The van der Waals surface area contributed by atoms with E-state index in [9.17, 15) is 9.59 Å². The maximum atomic E-state index is 12.0. The fraction of sp³-hybridized carbons (Fsp3) is 0.857. The molecule has 9 heteroatoms. The highest BCUT2D eigenvalue weighted by Gasteiger charge is 2.25. The number of hydrogen-bond donors (Lipinski definition) is 0. The Balaban J connectivity index is 2.55. The van der Waals surface area contributed by atoms with Gasteiger partial charge >= 0.3 is 11.9 Å². The Labute approximate surface area is 170 Å². The first kappa shape index (κ1) is 21.9. The number of carbonyl (C=O) groups excluding carboxylic acids is 2. The molecule has 0 aromatic rings. The lowest BCUT2D eigenvalue weighted by Crippen LogP contribution is -2.42. The summed E-state index contributed by atoms with van der Waals surface area (Å²) in [5, 5.41) is 0.935. The Morgan fingerprint density at radius 2 is 1.52 bits per heavy atom. The van der Waals surface area contributed by atoms with Crippen molar-refractivity contribution in [2.24, 2.45) is 0 Å². The highest BCUT2D eigenvalue weighted by molar-refractivity contribution is 9.12. The number of likely N-dealkylation sites (tertiary alicyclic amines) is 1. The van der Waals surface area contributed by atoms with Gasteiger partial charge in [-0.25, -0.2) is 0 Å². The van der Waals surface area contributed by atoms with Gasteiger partial charge in [-0.1, -0.05) is 70.1 Å². The van der Waals surface area contributed by atoms with Crippen LogP contribution in [0.5, 0.6) is 0 Å². The average molecular weight is 587 g/mol. The summed E-state index contributed by atoms with van der Waals surface area (Å²) in [6.45, 7) is 2.63. The zero-order valence-corrected chi connectivity index (χ0v) is 19.0. The highest BCUT2D eigenvalue weighted by atomic mass is 79.9. The Morgan fingerprint density at radius 1 is 0.957 bits per heavy atom. The molecule has 0 saturated carbocycles. The molecule has 3 unspecified atom stereocenters. The molecule has 1 aliphatic heterocycles. The van der Waals surface area contributed by atoms with Gasteiger partial charge in [0, 0.05) is 17.2 Å². The smallest absolute Gasteiger partial charge is 0.321 e. The molecule has 0 amide bonds. The van der Waals surface area contributed by atoms with E-state index in [-0.39, 0.29) is 18.5 Å². The molecule has 3 atom stereocenters. The summed E-state index contributed by atoms with van der Waals surface area (Å²) in [5.41, 5.74) is 0. The summed E-state index contributed by atoms with van der Waals surface area (Å²) in [4.78, 5) is 25.2. The standard InChI is InChI=1S/C14H21Br4NO4/c15-6-11(17)13(20)22-9-10(23-14(21)12(18)7-16)8-19-4-2-1-3-5-19/h10-12H,1-9H2. The SMILES string of the molecule is O=C(OCC(CN1CCCCC1)OC(=O)C(Br)CBr)C(Br)CBr. The van der Waals surface area contributed by atoms with Crippen molar-refractivity contribution in [1.82, 2.24) is 4.90 Å². The molecule has 1 heterocycles. The van der Waals surface area contributed by atoms with Crippen LogP contribution < -0.4 is 0 Å². The normalized spacial score (nSPS) is 19.7. The van der Waals surface area contributed by atoms with Crippen LogP contribution in [0, 0.1) is 0 Å². The zero-order chi connectivity index (χ0) is 17.2. The van der Waals surface area contributed by atoms with Crippen molar-refractivity contribution in [1.29, 1.82) is 0 Å². The van der Waals surface area contributed by atoms with Crippen molar-refractivity contribution in [3.63, 3.8) is 0 Å². The first-order chi connectivity index (χ1) is 11.0. The zero-order valence-electron chi connectivity index (χ0n) is 12.7. The lowest BCUT2D eigenvalue weighted by Gasteiger charge is -2.30. The first-order valence-corrected chi connectivity index (χ1v) is 11.5. The molecule has 0 aliphatic carbocycles. The van der Waals surface area contributed by atoms with E-state index in [0.717, 1.165) is 25.9 Å². The number of hydrogen-bond acceptors (Lipinski definition) is 5. The second-order valence-electron chi connectivity index (χ2n) is 5.29. The van der Waals surface area contributed by atoms with E-state index < -0.39 is 15.8 Å². The number of carbonyl (C=O) groups is 2. The van der Waals surface area contributed by atoms with Gasteiger partial charge in [-0.05, 0) is 25.9 Å². The predicted molar refractivity (Wildman–Crippen MR) is 104 cm³/mol. The number of esters is 2. The predicted octanol–water partition coefficient (Wildman–Crippen LogP) is 3.24. The van der Waals surface area contributed by atoms with E-state index in [1.54, 1.807) is 0 Å². The summed E-state index contributed by atoms with van der Waals surface area (Å²) in [6.07, 6.45) is 3.07. The van der Waals surface area contributed by atoms with E-state index in [1.165, 1.54) is 6.42 Å². The number of piperidine rings is 1. The Hall–Kier alpha value is 0.820. The molecule has 1 rings (SSSR count). The van der Waals surface area contributed by atoms with Crippen LogP contribution in [0.1, 0.15) is 19.3 Å². The minimum Gasteiger partial charge on any atom is -0.461 e. The quantitative estimate of drug-likeness (QED) is 0.307. The maximum absolute atomic E-state index is 12.0. The second kappa shape index (κ2) is 12.2. The fourth-order valence-corrected chi connectivity index (χ4v) is 2.95. The van der Waals surface area contributed by atoms with E-state index in [4.69, 9.17) is 9.47 Å². The summed E-state index contributed by atoms with van der Waals surface area (Å²) in [5.74, 6) is -0.715. The molecule has 1 fully saturated rings. The summed E-state index contributed by atoms with van der Waals surface area (Å²) < 4.78 is 10.8. The van der Waals surface area contributed by atoms with E-state index >= 15 is 0 Å². The molecule has 0 radical (unpaired) electrons. The van der Waals surface area contributed by atoms with Gasteiger partial charge in [-0.3, -0.25) is 14.5 Å². The topological polar surface area (TPSA) is 55.8 Å². The molecule has 134 valence electrons. The van der Waals surface area contributed by atoms with Crippen LogP contribution in [-0.2, 0) is 19.1 Å². The molecule has 0 N–H and O–H groups in total. The van der Waals surface area contributed by atoms with Crippen molar-refractivity contribution in [3.8, 4) is 0 Å². The number of nitrogens with zero attached hydrogens (tertiary/aromatic N) is 1. The van der Waals surface area contributed by atoms with Gasteiger partial charge in [0.1, 0.15) is 22.4 Å². The van der Waals surface area contributed by atoms with E-state index in [2.05, 4.69) is 68.6 Å². The molecule has 0 aromatic heterocycles. The fourth-order valence-electron chi connectivity index (χ4n) is 2.18. The molecule has 0 spiro atoms. The molecule has 0 bridgehead atoms. The molecule has 1 saturated heterocycles. The van der Waals surface area contributed by atoms with Crippen LogP contribution >= 0.6 is 63.7 Å². The van der Waals surface area contributed by atoms with E-state index in [1.807, 2.05) is 0 Å². The van der Waals surface area contributed by atoms with Crippen LogP contribution in [0.4, 0.5) is 0 Å². The van der Waals surface area contributed by atoms with Crippen LogP contribution in [0.2, 0.25) is 0 Å². The molecule has 0 aromatic carbocycles. The van der Waals surface area contributed by atoms with Crippen LogP contribution in [0.25, 0.3) is 0 Å². The van der Waals surface area contributed by atoms with Gasteiger partial charge < -0.3 is 9.47 Å².